The Kier molecular flexibility index (Phi) is 2.78. The number of nitrogens with zero attached hydrogens (tertiary/aromatic N) is 1. The average Bonchev–Trinajstić information content (AvgIpc) is 3.23. The van der Waals surface area contributed by atoms with Crippen LogP contribution in [0.4, 0.5) is 5.69 Å². The smallest absolute Gasteiger partial charge is 0.268 e. The molecule has 0 aromatic carbocycles. The Bertz CT molecular complexity index is 461. The Hall–Kier alpha value is -1.49. The van der Waals surface area contributed by atoms with Crippen LogP contribution in [0, 0.1) is 5.92 Å². The van der Waals surface area contributed by atoms with Crippen molar-refractivity contribution in [3.05, 3.63) is 18.0 Å². The molecule has 0 bridgehead atoms. The van der Waals surface area contributed by atoms with Crippen LogP contribution in [-0.4, -0.2) is 28.2 Å². The summed E-state index contributed by atoms with van der Waals surface area (Å²) in [6.45, 7) is 0.333. The fraction of sp³-hybridized carbons (Fsp3) is 0.615. The molecule has 5 nitrogen and oxygen atoms in total. The molecule has 2 aliphatic rings. The molecule has 2 fully saturated rings. The van der Waals surface area contributed by atoms with Gasteiger partial charge in [0.15, 0.2) is 0 Å². The third-order valence-electron chi connectivity index (χ3n) is 3.68. The summed E-state index contributed by atoms with van der Waals surface area (Å²) in [6.07, 6.45) is 5.78. The highest BCUT2D eigenvalue weighted by Crippen LogP contribution is 2.37. The van der Waals surface area contributed by atoms with Crippen molar-refractivity contribution < 1.29 is 9.90 Å². The van der Waals surface area contributed by atoms with Crippen molar-refractivity contribution in [3.63, 3.8) is 0 Å². The zero-order valence-corrected chi connectivity index (χ0v) is 10.3. The first kappa shape index (κ1) is 11.6. The quantitative estimate of drug-likeness (QED) is 0.725. The molecule has 1 aromatic heterocycles. The second-order valence-electron chi connectivity index (χ2n) is 5.41. The SMILES string of the molecule is Nc1cc(C(=O)NCC(O)C2CC2)n(C2CC2)c1. The van der Waals surface area contributed by atoms with Crippen molar-refractivity contribution in [3.8, 4) is 0 Å². The monoisotopic (exact) mass is 249 g/mol. The van der Waals surface area contributed by atoms with Crippen LogP contribution in [0.2, 0.25) is 0 Å². The van der Waals surface area contributed by atoms with E-state index in [4.69, 9.17) is 5.73 Å². The van der Waals surface area contributed by atoms with Crippen molar-refractivity contribution in [2.75, 3.05) is 12.3 Å². The van der Waals surface area contributed by atoms with E-state index in [2.05, 4.69) is 5.32 Å². The molecule has 98 valence electrons. The first-order valence-electron chi connectivity index (χ1n) is 6.59. The molecule has 0 aliphatic heterocycles. The van der Waals surface area contributed by atoms with Crippen molar-refractivity contribution >= 4 is 11.6 Å². The van der Waals surface area contributed by atoms with E-state index in [0.29, 0.717) is 29.9 Å². The number of rotatable bonds is 5. The van der Waals surface area contributed by atoms with Crippen molar-refractivity contribution in [2.45, 2.75) is 37.8 Å². The first-order valence-corrected chi connectivity index (χ1v) is 6.59. The van der Waals surface area contributed by atoms with E-state index in [9.17, 15) is 9.90 Å². The molecule has 5 heteroatoms. The number of amides is 1. The van der Waals surface area contributed by atoms with Crippen LogP contribution >= 0.6 is 0 Å². The second kappa shape index (κ2) is 4.31. The first-order chi connectivity index (χ1) is 8.65. The number of hydrogen-bond donors (Lipinski definition) is 3. The van der Waals surface area contributed by atoms with Crippen LogP contribution in [-0.2, 0) is 0 Å². The standard InChI is InChI=1S/C13H19N3O2/c14-9-5-11(16(7-9)10-3-4-10)13(18)15-6-12(17)8-1-2-8/h5,7-8,10,12,17H,1-4,6,14H2,(H,15,18). The summed E-state index contributed by atoms with van der Waals surface area (Å²) in [6, 6.07) is 2.13. The average molecular weight is 249 g/mol. The van der Waals surface area contributed by atoms with Gasteiger partial charge in [0, 0.05) is 18.8 Å². The minimum Gasteiger partial charge on any atom is -0.397 e. The zero-order chi connectivity index (χ0) is 12.7. The van der Waals surface area contributed by atoms with Gasteiger partial charge in [0.2, 0.25) is 0 Å². The summed E-state index contributed by atoms with van der Waals surface area (Å²) < 4.78 is 1.95. The fourth-order valence-electron chi connectivity index (χ4n) is 2.27. The molecular formula is C13H19N3O2. The molecule has 1 atom stereocenters. The topological polar surface area (TPSA) is 80.3 Å². The predicted molar refractivity (Wildman–Crippen MR) is 68.2 cm³/mol. The van der Waals surface area contributed by atoms with Gasteiger partial charge in [-0.1, -0.05) is 0 Å². The summed E-state index contributed by atoms with van der Waals surface area (Å²) >= 11 is 0. The maximum atomic E-state index is 12.1. The number of nitrogens with one attached hydrogen (secondary N) is 1. The van der Waals surface area contributed by atoms with E-state index >= 15 is 0 Å². The number of carbonyl (C=O) groups excluding carboxylic acids is 1. The molecule has 3 rings (SSSR count). The maximum Gasteiger partial charge on any atom is 0.268 e. The van der Waals surface area contributed by atoms with Gasteiger partial charge >= 0.3 is 0 Å². The van der Waals surface area contributed by atoms with E-state index in [1.807, 2.05) is 10.8 Å². The number of nitrogens with two attached hydrogens (primary N) is 1. The minimum absolute atomic E-state index is 0.140. The second-order valence-corrected chi connectivity index (χ2v) is 5.41. The molecule has 1 heterocycles. The molecule has 1 aromatic rings. The van der Waals surface area contributed by atoms with Gasteiger partial charge in [0.05, 0.1) is 11.8 Å². The van der Waals surface area contributed by atoms with Crippen LogP contribution in [0.25, 0.3) is 0 Å². The van der Waals surface area contributed by atoms with E-state index in [-0.39, 0.29) is 5.91 Å². The molecule has 18 heavy (non-hydrogen) atoms. The largest absolute Gasteiger partial charge is 0.397 e. The summed E-state index contributed by atoms with van der Waals surface area (Å²) in [5.41, 5.74) is 6.98. The molecule has 2 saturated carbocycles. The molecular weight excluding hydrogens is 230 g/mol. The van der Waals surface area contributed by atoms with Crippen molar-refractivity contribution in [2.24, 2.45) is 5.92 Å². The van der Waals surface area contributed by atoms with Gasteiger partial charge in [-0.3, -0.25) is 4.79 Å². The normalized spacial score (nSPS) is 20.7. The highest BCUT2D eigenvalue weighted by Gasteiger charge is 2.31. The Morgan fingerprint density at radius 3 is 2.83 bits per heavy atom. The summed E-state index contributed by atoms with van der Waals surface area (Å²) in [4.78, 5) is 12.1. The third-order valence-corrected chi connectivity index (χ3v) is 3.68. The predicted octanol–water partition coefficient (Wildman–Crippen LogP) is 0.906. The summed E-state index contributed by atoms with van der Waals surface area (Å²) in [5, 5.41) is 12.5. The maximum absolute atomic E-state index is 12.1. The van der Waals surface area contributed by atoms with Gasteiger partial charge < -0.3 is 20.7 Å². The lowest BCUT2D eigenvalue weighted by Gasteiger charge is -2.12. The Morgan fingerprint density at radius 2 is 2.22 bits per heavy atom. The van der Waals surface area contributed by atoms with Crippen LogP contribution in [0.15, 0.2) is 12.3 Å². The number of carbonyl (C=O) groups is 1. The molecule has 4 N–H and O–H groups in total. The summed E-state index contributed by atoms with van der Waals surface area (Å²) in [5.74, 6) is 0.240. The van der Waals surface area contributed by atoms with Gasteiger partial charge in [-0.2, -0.15) is 0 Å². The van der Waals surface area contributed by atoms with Crippen LogP contribution in [0.1, 0.15) is 42.2 Å². The molecule has 1 amide bonds. The number of aromatic nitrogens is 1. The van der Waals surface area contributed by atoms with Gasteiger partial charge in [-0.05, 0) is 37.7 Å². The summed E-state index contributed by atoms with van der Waals surface area (Å²) in [7, 11) is 0. The lowest BCUT2D eigenvalue weighted by Crippen LogP contribution is -2.34. The number of hydrogen-bond acceptors (Lipinski definition) is 3. The number of aliphatic hydroxyl groups is 1. The van der Waals surface area contributed by atoms with Crippen molar-refractivity contribution in [1.82, 2.24) is 9.88 Å². The van der Waals surface area contributed by atoms with Gasteiger partial charge in [-0.15, -0.1) is 0 Å². The highest BCUT2D eigenvalue weighted by molar-refractivity contribution is 5.93. The van der Waals surface area contributed by atoms with E-state index in [0.717, 1.165) is 25.7 Å². The lowest BCUT2D eigenvalue weighted by atomic mass is 10.2. The Balaban J connectivity index is 1.63. The van der Waals surface area contributed by atoms with E-state index in [1.165, 1.54) is 0 Å². The third kappa shape index (κ3) is 2.36. The Labute approximate surface area is 106 Å². The highest BCUT2D eigenvalue weighted by atomic mass is 16.3. The number of anilines is 1. The molecule has 0 saturated heterocycles. The van der Waals surface area contributed by atoms with Gasteiger partial charge in [0.1, 0.15) is 5.69 Å². The van der Waals surface area contributed by atoms with Crippen molar-refractivity contribution in [1.29, 1.82) is 0 Å². The van der Waals surface area contributed by atoms with Crippen LogP contribution in [0.5, 0.6) is 0 Å². The lowest BCUT2D eigenvalue weighted by molar-refractivity contribution is 0.0892. The number of nitrogen functional groups attached to an aromatic ring is 1. The molecule has 0 radical (unpaired) electrons. The minimum atomic E-state index is -0.407. The van der Waals surface area contributed by atoms with Crippen LogP contribution < -0.4 is 11.1 Å². The molecule has 2 aliphatic carbocycles. The van der Waals surface area contributed by atoms with Gasteiger partial charge in [0.25, 0.3) is 5.91 Å². The fourth-order valence-corrected chi connectivity index (χ4v) is 2.27. The van der Waals surface area contributed by atoms with E-state index in [1.54, 1.807) is 6.07 Å². The Morgan fingerprint density at radius 1 is 1.50 bits per heavy atom. The van der Waals surface area contributed by atoms with E-state index < -0.39 is 6.10 Å². The molecule has 0 spiro atoms. The van der Waals surface area contributed by atoms with Crippen LogP contribution in [0.3, 0.4) is 0 Å². The van der Waals surface area contributed by atoms with Gasteiger partial charge in [-0.25, -0.2) is 0 Å². The zero-order valence-electron chi connectivity index (χ0n) is 10.3. The number of aliphatic hydroxyl groups excluding tert-OH is 1. The molecule has 1 unspecified atom stereocenters.